The molecule has 1 saturated carbocycles. The van der Waals surface area contributed by atoms with E-state index in [4.69, 9.17) is 14.2 Å². The molecule has 2 aromatic heterocycles. The molecule has 2 N–H and O–H groups in total. The number of rotatable bonds is 5. The fourth-order valence-electron chi connectivity index (χ4n) is 5.31. The van der Waals surface area contributed by atoms with E-state index in [1.54, 1.807) is 6.92 Å². The van der Waals surface area contributed by atoms with Crippen LogP contribution < -0.4 is 5.32 Å². The number of hydrogen-bond acceptors (Lipinski definition) is 5. The van der Waals surface area contributed by atoms with Crippen LogP contribution in [0.2, 0.25) is 0 Å². The molecule has 1 aromatic carbocycles. The van der Waals surface area contributed by atoms with E-state index in [0.29, 0.717) is 52.8 Å². The second-order valence-corrected chi connectivity index (χ2v) is 9.66. The molecule has 0 unspecified atom stereocenters. The molecule has 5 rings (SSSR count). The van der Waals surface area contributed by atoms with E-state index < -0.39 is 0 Å². The highest BCUT2D eigenvalue weighted by Crippen LogP contribution is 2.38. The number of carbonyl (C=O) groups excluding carboxylic acids is 1. The molecule has 1 atom stereocenters. The van der Waals surface area contributed by atoms with E-state index in [0.717, 1.165) is 38.5 Å². The van der Waals surface area contributed by atoms with Gasteiger partial charge in [-0.3, -0.25) is 4.79 Å². The summed E-state index contributed by atoms with van der Waals surface area (Å²) in [6.07, 6.45) is 7.18. The van der Waals surface area contributed by atoms with Gasteiger partial charge in [-0.1, -0.05) is 31.0 Å². The summed E-state index contributed by atoms with van der Waals surface area (Å²) in [5.41, 5.74) is 2.66. The number of fused-ring (bicyclic) bond motifs is 1. The third-order valence-corrected chi connectivity index (χ3v) is 7.41. The summed E-state index contributed by atoms with van der Waals surface area (Å²) < 4.78 is 25.9. The fourth-order valence-corrected chi connectivity index (χ4v) is 5.31. The molecule has 1 amide bonds. The maximum absolute atomic E-state index is 15.5. The first-order valence-corrected chi connectivity index (χ1v) is 12.0. The van der Waals surface area contributed by atoms with Gasteiger partial charge in [0.25, 0.3) is 5.91 Å². The zero-order valence-corrected chi connectivity index (χ0v) is 19.2. The highest BCUT2D eigenvalue weighted by molar-refractivity contribution is 5.95. The molecule has 3 heterocycles. The van der Waals surface area contributed by atoms with Gasteiger partial charge >= 0.3 is 0 Å². The standard InChI is InChI=1S/C25H31FN4O3/c1-14-3-5-17(6-4-14)22(29-25(31)19-13-33-30-15(19)2)24-27-20-8-7-18(21(26)23(20)28-24)16-9-11-32-12-10-16/h7-8,13-14,16-17,22H,3-6,9-12H2,1-2H3,(H,27,28)(H,29,31)/t14-,17+,22-/m0/s1. The Morgan fingerprint density at radius 2 is 1.94 bits per heavy atom. The molecule has 1 aliphatic carbocycles. The summed E-state index contributed by atoms with van der Waals surface area (Å²) in [6.45, 7) is 5.32. The molecule has 0 spiro atoms. The van der Waals surface area contributed by atoms with Crippen LogP contribution in [0.25, 0.3) is 11.0 Å². The third-order valence-electron chi connectivity index (χ3n) is 7.41. The maximum atomic E-state index is 15.5. The predicted octanol–water partition coefficient (Wildman–Crippen LogP) is 5.19. The number of imidazole rings is 1. The van der Waals surface area contributed by atoms with Crippen molar-refractivity contribution in [1.29, 1.82) is 0 Å². The number of aromatic nitrogens is 3. The van der Waals surface area contributed by atoms with Gasteiger partial charge in [0, 0.05) is 13.2 Å². The lowest BCUT2D eigenvalue weighted by Gasteiger charge is -2.32. The molecular weight excluding hydrogens is 423 g/mol. The average molecular weight is 455 g/mol. The number of ether oxygens (including phenoxy) is 1. The first-order chi connectivity index (χ1) is 16.0. The molecule has 3 aromatic rings. The van der Waals surface area contributed by atoms with Crippen molar-refractivity contribution >= 4 is 16.9 Å². The Hall–Kier alpha value is -2.74. The second kappa shape index (κ2) is 9.25. The summed E-state index contributed by atoms with van der Waals surface area (Å²) in [7, 11) is 0. The lowest BCUT2D eigenvalue weighted by Crippen LogP contribution is -2.36. The van der Waals surface area contributed by atoms with Crippen LogP contribution in [-0.2, 0) is 4.74 Å². The zero-order valence-electron chi connectivity index (χ0n) is 19.2. The van der Waals surface area contributed by atoms with E-state index in [2.05, 4.69) is 22.4 Å². The van der Waals surface area contributed by atoms with Crippen LogP contribution in [0, 0.1) is 24.6 Å². The molecule has 7 nitrogen and oxygen atoms in total. The summed E-state index contributed by atoms with van der Waals surface area (Å²) in [5, 5.41) is 6.97. The van der Waals surface area contributed by atoms with Crippen molar-refractivity contribution in [3.05, 3.63) is 46.9 Å². The number of benzene rings is 1. The monoisotopic (exact) mass is 454 g/mol. The molecule has 1 saturated heterocycles. The lowest BCUT2D eigenvalue weighted by atomic mass is 9.79. The van der Waals surface area contributed by atoms with E-state index in [9.17, 15) is 4.79 Å². The Morgan fingerprint density at radius 1 is 1.18 bits per heavy atom. The first-order valence-electron chi connectivity index (χ1n) is 12.0. The Bertz CT molecular complexity index is 1130. The molecular formula is C25H31FN4O3. The SMILES string of the molecule is Cc1nocc1C(=O)N[C@H](c1nc2c(F)c(C3CCOCC3)ccc2[nH]1)[C@H]1CC[C@@H](C)CC1. The highest BCUT2D eigenvalue weighted by atomic mass is 19.1. The summed E-state index contributed by atoms with van der Waals surface area (Å²) in [6, 6.07) is 3.44. The van der Waals surface area contributed by atoms with Gasteiger partial charge < -0.3 is 19.6 Å². The van der Waals surface area contributed by atoms with Crippen molar-refractivity contribution in [2.45, 2.75) is 64.3 Å². The van der Waals surface area contributed by atoms with Crippen molar-refractivity contribution in [2.75, 3.05) is 13.2 Å². The van der Waals surface area contributed by atoms with Crippen molar-refractivity contribution in [3.8, 4) is 0 Å². The fraction of sp³-hybridized carbons (Fsp3) is 0.560. The van der Waals surface area contributed by atoms with Crippen molar-refractivity contribution in [1.82, 2.24) is 20.4 Å². The smallest absolute Gasteiger partial charge is 0.257 e. The molecule has 1 aliphatic heterocycles. The molecule has 0 bridgehead atoms. The van der Waals surface area contributed by atoms with Gasteiger partial charge in [-0.2, -0.15) is 0 Å². The number of amides is 1. The van der Waals surface area contributed by atoms with Crippen molar-refractivity contribution in [3.63, 3.8) is 0 Å². The summed E-state index contributed by atoms with van der Waals surface area (Å²) >= 11 is 0. The van der Waals surface area contributed by atoms with Crippen LogP contribution in [0.3, 0.4) is 0 Å². The normalized spacial score (nSPS) is 23.0. The van der Waals surface area contributed by atoms with Crippen LogP contribution in [-0.4, -0.2) is 34.2 Å². The number of H-pyrrole nitrogens is 1. The number of carbonyl (C=O) groups is 1. The van der Waals surface area contributed by atoms with E-state index in [1.165, 1.54) is 6.26 Å². The Morgan fingerprint density at radius 3 is 2.64 bits per heavy atom. The Balaban J connectivity index is 1.48. The molecule has 0 radical (unpaired) electrons. The minimum atomic E-state index is -0.336. The van der Waals surface area contributed by atoms with Gasteiger partial charge in [-0.05, 0) is 62.0 Å². The zero-order chi connectivity index (χ0) is 22.9. The number of hydrogen-bond donors (Lipinski definition) is 2. The minimum Gasteiger partial charge on any atom is -0.381 e. The summed E-state index contributed by atoms with van der Waals surface area (Å²) in [4.78, 5) is 21.0. The van der Waals surface area contributed by atoms with Crippen LogP contribution in [0.4, 0.5) is 4.39 Å². The van der Waals surface area contributed by atoms with Gasteiger partial charge in [0.2, 0.25) is 0 Å². The van der Waals surface area contributed by atoms with E-state index in [1.807, 2.05) is 12.1 Å². The van der Waals surface area contributed by atoms with Crippen molar-refractivity contribution in [2.24, 2.45) is 11.8 Å². The van der Waals surface area contributed by atoms with Gasteiger partial charge in [0.1, 0.15) is 23.2 Å². The number of aromatic amines is 1. The van der Waals surface area contributed by atoms with Crippen LogP contribution in [0.15, 0.2) is 22.9 Å². The third kappa shape index (κ3) is 4.40. The number of aryl methyl sites for hydroxylation is 1. The van der Waals surface area contributed by atoms with Gasteiger partial charge in [-0.15, -0.1) is 0 Å². The highest BCUT2D eigenvalue weighted by Gasteiger charge is 2.32. The van der Waals surface area contributed by atoms with Gasteiger partial charge in [0.15, 0.2) is 5.82 Å². The van der Waals surface area contributed by atoms with E-state index in [-0.39, 0.29) is 29.6 Å². The lowest BCUT2D eigenvalue weighted by molar-refractivity contribution is 0.0846. The molecule has 176 valence electrons. The van der Waals surface area contributed by atoms with Crippen LogP contribution in [0.5, 0.6) is 0 Å². The van der Waals surface area contributed by atoms with Crippen LogP contribution >= 0.6 is 0 Å². The van der Waals surface area contributed by atoms with Crippen molar-refractivity contribution < 1.29 is 18.4 Å². The molecule has 2 aliphatic rings. The Kier molecular flexibility index (Phi) is 6.19. The quantitative estimate of drug-likeness (QED) is 0.553. The summed E-state index contributed by atoms with van der Waals surface area (Å²) in [5.74, 6) is 1.14. The second-order valence-electron chi connectivity index (χ2n) is 9.66. The molecule has 33 heavy (non-hydrogen) atoms. The number of nitrogens with one attached hydrogen (secondary N) is 2. The first kappa shape index (κ1) is 22.1. The molecule has 8 heteroatoms. The largest absolute Gasteiger partial charge is 0.381 e. The minimum absolute atomic E-state index is 0.148. The van der Waals surface area contributed by atoms with Crippen LogP contribution in [0.1, 0.15) is 84.8 Å². The van der Waals surface area contributed by atoms with Gasteiger partial charge in [-0.25, -0.2) is 9.37 Å². The number of nitrogens with zero attached hydrogens (tertiary/aromatic N) is 2. The number of halogens is 1. The Labute approximate surface area is 192 Å². The predicted molar refractivity (Wildman–Crippen MR) is 121 cm³/mol. The van der Waals surface area contributed by atoms with E-state index >= 15 is 4.39 Å². The van der Waals surface area contributed by atoms with Gasteiger partial charge in [0.05, 0.1) is 17.3 Å². The molecule has 2 fully saturated rings. The maximum Gasteiger partial charge on any atom is 0.257 e. The average Bonchev–Trinajstić information content (AvgIpc) is 3.46. The topological polar surface area (TPSA) is 93.0 Å².